The molecule has 4 heterocycles. The van der Waals surface area contributed by atoms with Gasteiger partial charge in [0.05, 0.1) is 54.0 Å². The van der Waals surface area contributed by atoms with Crippen molar-refractivity contribution in [1.29, 1.82) is 5.26 Å². The molecule has 0 radical (unpaired) electrons. The summed E-state index contributed by atoms with van der Waals surface area (Å²) >= 11 is 5.88. The van der Waals surface area contributed by atoms with Crippen molar-refractivity contribution in [3.63, 3.8) is 0 Å². The van der Waals surface area contributed by atoms with Crippen LogP contribution in [0.2, 0.25) is 5.02 Å². The van der Waals surface area contributed by atoms with E-state index in [1.807, 2.05) is 0 Å². The highest BCUT2D eigenvalue weighted by molar-refractivity contribution is 7.93. The maximum atomic E-state index is 13.7. The van der Waals surface area contributed by atoms with E-state index in [9.17, 15) is 18.8 Å². The highest BCUT2D eigenvalue weighted by Crippen LogP contribution is 2.42. The second kappa shape index (κ2) is 9.15. The minimum absolute atomic E-state index is 0.0770. The Hall–Kier alpha value is -2.13. The Morgan fingerprint density at radius 2 is 2.03 bits per heavy atom. The average molecular weight is 521 g/mol. The van der Waals surface area contributed by atoms with E-state index < -0.39 is 26.1 Å². The summed E-state index contributed by atoms with van der Waals surface area (Å²) in [6.45, 7) is -0.0843. The van der Waals surface area contributed by atoms with Gasteiger partial charge in [-0.15, -0.1) is 0 Å². The number of hydrogen-bond donors (Lipinski definition) is 2. The van der Waals surface area contributed by atoms with Gasteiger partial charge in [0.1, 0.15) is 17.5 Å². The Morgan fingerprint density at radius 1 is 1.32 bits per heavy atom. The normalized spacial score (nSPS) is 27.3. The summed E-state index contributed by atoms with van der Waals surface area (Å²) in [7, 11) is -3.92. The summed E-state index contributed by atoms with van der Waals surface area (Å²) in [6, 6.07) is 2.16. The third-order valence-electron chi connectivity index (χ3n) is 6.90. The van der Waals surface area contributed by atoms with Gasteiger partial charge >= 0.3 is 0 Å². The second-order valence-electron chi connectivity index (χ2n) is 9.10. The number of nitrogens with one attached hydrogen (secondary N) is 1. The summed E-state index contributed by atoms with van der Waals surface area (Å²) < 4.78 is 31.0. The SMILES string of the molecule is N#Cc1c(N=S2(=O)CCC(c3ncc(Cl)cn3)CC2)nc2c(c1NC1(CO)CCC1)[S@](=O)CC2. The molecule has 9 nitrogen and oxygen atoms in total. The fourth-order valence-corrected chi connectivity index (χ4v) is 8.34. The molecule has 180 valence electrons. The average Bonchev–Trinajstić information content (AvgIpc) is 3.17. The Morgan fingerprint density at radius 3 is 2.62 bits per heavy atom. The fraction of sp³-hybridized carbons (Fsp3) is 0.545. The van der Waals surface area contributed by atoms with Crippen molar-refractivity contribution in [1.82, 2.24) is 15.0 Å². The van der Waals surface area contributed by atoms with Crippen molar-refractivity contribution in [2.45, 2.75) is 54.9 Å². The van der Waals surface area contributed by atoms with Crippen molar-refractivity contribution < 1.29 is 13.5 Å². The molecule has 0 unspecified atom stereocenters. The molecule has 2 fully saturated rings. The van der Waals surface area contributed by atoms with Crippen molar-refractivity contribution in [2.24, 2.45) is 4.36 Å². The molecule has 2 aromatic heterocycles. The number of pyridine rings is 1. The van der Waals surface area contributed by atoms with E-state index in [4.69, 9.17) is 11.6 Å². The van der Waals surface area contributed by atoms with Crippen LogP contribution in [0.4, 0.5) is 11.5 Å². The molecular weight excluding hydrogens is 496 g/mol. The highest BCUT2D eigenvalue weighted by atomic mass is 35.5. The Balaban J connectivity index is 1.50. The van der Waals surface area contributed by atoms with Gasteiger partial charge in [-0.05, 0) is 32.1 Å². The number of aromatic nitrogens is 3. The lowest BCUT2D eigenvalue weighted by Crippen LogP contribution is -2.48. The van der Waals surface area contributed by atoms with Gasteiger partial charge in [0.2, 0.25) is 0 Å². The highest BCUT2D eigenvalue weighted by Gasteiger charge is 2.40. The first kappa shape index (κ1) is 23.6. The first-order valence-corrected chi connectivity index (χ1v) is 14.8. The molecule has 2 aromatic rings. The predicted octanol–water partition coefficient (Wildman–Crippen LogP) is 3.06. The number of halogens is 1. The maximum absolute atomic E-state index is 13.7. The number of aliphatic hydroxyl groups excluding tert-OH is 1. The number of aryl methyl sites for hydroxylation is 1. The molecule has 1 saturated heterocycles. The third-order valence-corrected chi connectivity index (χ3v) is 10.8. The van der Waals surface area contributed by atoms with Crippen LogP contribution in [0.15, 0.2) is 21.7 Å². The standard InChI is InChI=1S/C22H25ClN6O3S2/c23-15-11-25-20(26-12-15)14-3-8-34(32,9-4-14)29-21-16(10-24)18(28-22(13-30)5-1-6-22)19-17(27-21)2-7-33(19)31/h11-12,14,30H,1-9,13H2,(H,27,28)/t14?,33-,34?/m1/s1. The second-order valence-corrected chi connectivity index (χ2v) is 13.6. The van der Waals surface area contributed by atoms with Gasteiger partial charge in [-0.3, -0.25) is 4.21 Å². The zero-order valence-electron chi connectivity index (χ0n) is 18.5. The summed E-state index contributed by atoms with van der Waals surface area (Å²) in [5.41, 5.74) is 0.669. The van der Waals surface area contributed by atoms with E-state index in [2.05, 4.69) is 30.7 Å². The molecule has 12 heteroatoms. The summed E-state index contributed by atoms with van der Waals surface area (Å²) in [6.07, 6.45) is 7.34. The molecule has 0 spiro atoms. The monoisotopic (exact) mass is 520 g/mol. The van der Waals surface area contributed by atoms with Gasteiger partial charge < -0.3 is 10.4 Å². The number of aliphatic hydroxyl groups is 1. The smallest absolute Gasteiger partial charge is 0.181 e. The zero-order valence-corrected chi connectivity index (χ0v) is 20.9. The Bertz CT molecular complexity index is 1290. The lowest BCUT2D eigenvalue weighted by Gasteiger charge is -2.42. The van der Waals surface area contributed by atoms with Crippen molar-refractivity contribution >= 4 is 43.6 Å². The van der Waals surface area contributed by atoms with Gasteiger partial charge in [-0.2, -0.15) is 9.62 Å². The number of hydrogen-bond acceptors (Lipinski definition) is 9. The molecule has 1 saturated carbocycles. The van der Waals surface area contributed by atoms with Crippen LogP contribution in [0.5, 0.6) is 0 Å². The van der Waals surface area contributed by atoms with Gasteiger partial charge in [0.15, 0.2) is 5.82 Å². The van der Waals surface area contributed by atoms with Crippen LogP contribution in [-0.2, 0) is 26.9 Å². The minimum Gasteiger partial charge on any atom is -0.394 e. The topological polar surface area (TPSA) is 141 Å². The molecular formula is C22H25ClN6O3S2. The van der Waals surface area contributed by atoms with Crippen molar-refractivity contribution in [3.8, 4) is 6.07 Å². The van der Waals surface area contributed by atoms with Gasteiger partial charge in [0.25, 0.3) is 0 Å². The molecule has 1 aliphatic carbocycles. The summed E-state index contributed by atoms with van der Waals surface area (Å²) in [5.74, 6) is 2.03. The molecule has 0 aromatic carbocycles. The molecule has 34 heavy (non-hydrogen) atoms. The van der Waals surface area contributed by atoms with Crippen molar-refractivity contribution in [3.05, 3.63) is 34.5 Å². The van der Waals surface area contributed by atoms with Crippen LogP contribution in [0.1, 0.15) is 55.1 Å². The predicted molar refractivity (Wildman–Crippen MR) is 130 cm³/mol. The van der Waals surface area contributed by atoms with Gasteiger partial charge in [-0.25, -0.2) is 19.2 Å². The van der Waals surface area contributed by atoms with Crippen LogP contribution >= 0.6 is 11.6 Å². The van der Waals surface area contributed by atoms with E-state index >= 15 is 0 Å². The molecule has 2 N–H and O–H groups in total. The van der Waals surface area contributed by atoms with Crippen LogP contribution in [0.3, 0.4) is 0 Å². The number of nitrogens with zero attached hydrogens (tertiary/aromatic N) is 5. The van der Waals surface area contributed by atoms with Crippen LogP contribution in [-0.4, -0.2) is 57.9 Å². The number of fused-ring (bicyclic) bond motifs is 1. The molecule has 3 aliphatic rings. The van der Waals surface area contributed by atoms with Crippen molar-refractivity contribution in [2.75, 3.05) is 29.2 Å². The van der Waals surface area contributed by atoms with E-state index in [1.165, 1.54) is 0 Å². The van der Waals surface area contributed by atoms with E-state index in [0.29, 0.717) is 63.6 Å². The van der Waals surface area contributed by atoms with E-state index in [0.717, 1.165) is 19.3 Å². The minimum atomic E-state index is -2.64. The van der Waals surface area contributed by atoms with E-state index in [1.54, 1.807) is 12.4 Å². The molecule has 0 amide bonds. The van der Waals surface area contributed by atoms with Gasteiger partial charge in [0, 0.05) is 42.0 Å². The van der Waals surface area contributed by atoms with Crippen LogP contribution < -0.4 is 5.32 Å². The molecule has 2 aliphatic heterocycles. The lowest BCUT2D eigenvalue weighted by molar-refractivity contribution is 0.144. The number of rotatable bonds is 5. The third kappa shape index (κ3) is 4.33. The fourth-order valence-electron chi connectivity index (χ4n) is 4.73. The number of anilines is 1. The molecule has 0 bridgehead atoms. The molecule has 1 atom stereocenters. The number of nitriles is 1. The van der Waals surface area contributed by atoms with Gasteiger partial charge in [-0.1, -0.05) is 11.6 Å². The Kier molecular flexibility index (Phi) is 6.35. The van der Waals surface area contributed by atoms with Crippen LogP contribution in [0.25, 0.3) is 0 Å². The quantitative estimate of drug-likeness (QED) is 0.612. The first-order chi connectivity index (χ1) is 16.4. The maximum Gasteiger partial charge on any atom is 0.181 e. The molecule has 5 rings (SSSR count). The largest absolute Gasteiger partial charge is 0.394 e. The summed E-state index contributed by atoms with van der Waals surface area (Å²) in [4.78, 5) is 13.7. The van der Waals surface area contributed by atoms with Crippen LogP contribution in [0, 0.1) is 11.3 Å². The van der Waals surface area contributed by atoms with E-state index in [-0.39, 0.29) is 23.9 Å². The lowest BCUT2D eigenvalue weighted by atomic mass is 9.77. The first-order valence-electron chi connectivity index (χ1n) is 11.3. The Labute approximate surface area is 206 Å². The summed E-state index contributed by atoms with van der Waals surface area (Å²) in [5, 5.41) is 23.8. The zero-order chi connectivity index (χ0) is 23.9.